The molecule has 25 heavy (non-hydrogen) atoms. The van der Waals surface area contributed by atoms with Gasteiger partial charge in [-0.1, -0.05) is 0 Å². The van der Waals surface area contributed by atoms with Crippen molar-refractivity contribution in [3.8, 4) is 11.4 Å². The zero-order chi connectivity index (χ0) is 17.1. The third-order valence-corrected chi connectivity index (χ3v) is 5.20. The van der Waals surface area contributed by atoms with Gasteiger partial charge in [-0.25, -0.2) is 15.0 Å². The number of thiazole rings is 1. The number of carbonyl (C=O) groups excluding carboxylic acids is 1. The van der Waals surface area contributed by atoms with Gasteiger partial charge in [0.2, 0.25) is 0 Å². The maximum absolute atomic E-state index is 13.0. The van der Waals surface area contributed by atoms with Crippen LogP contribution in [0.3, 0.4) is 0 Å². The first kappa shape index (κ1) is 15.8. The van der Waals surface area contributed by atoms with Crippen LogP contribution in [0.1, 0.15) is 40.7 Å². The number of nitrogens with zero attached hydrogens (tertiary/aromatic N) is 5. The minimum atomic E-state index is -0.0300. The lowest BCUT2D eigenvalue weighted by Gasteiger charge is -2.34. The number of hydrogen-bond donors (Lipinski definition) is 0. The number of aromatic nitrogens is 4. The number of likely N-dealkylation sites (tertiary alicyclic amines) is 1. The van der Waals surface area contributed by atoms with Crippen molar-refractivity contribution >= 4 is 17.2 Å². The van der Waals surface area contributed by atoms with Crippen LogP contribution in [-0.4, -0.2) is 37.3 Å². The van der Waals surface area contributed by atoms with E-state index in [1.54, 1.807) is 42.3 Å². The molecule has 1 aliphatic rings. The van der Waals surface area contributed by atoms with Gasteiger partial charge in [-0.3, -0.25) is 9.78 Å². The van der Waals surface area contributed by atoms with Crippen molar-refractivity contribution in [1.29, 1.82) is 0 Å². The van der Waals surface area contributed by atoms with E-state index in [4.69, 9.17) is 0 Å². The summed E-state index contributed by atoms with van der Waals surface area (Å²) in [4.78, 5) is 32.0. The summed E-state index contributed by atoms with van der Waals surface area (Å²) in [6, 6.07) is 3.79. The summed E-state index contributed by atoms with van der Waals surface area (Å²) in [6.45, 7) is 0.743. The number of hydrogen-bond acceptors (Lipinski definition) is 6. The molecular weight excluding hydrogens is 334 g/mol. The molecule has 0 spiro atoms. The normalized spacial score (nSPS) is 17.4. The lowest BCUT2D eigenvalue weighted by Crippen LogP contribution is -2.38. The fourth-order valence-electron chi connectivity index (χ4n) is 3.08. The van der Waals surface area contributed by atoms with Gasteiger partial charge in [-0.2, -0.15) is 0 Å². The number of piperidine rings is 1. The molecule has 4 rings (SSSR count). The monoisotopic (exact) mass is 351 g/mol. The quantitative estimate of drug-likeness (QED) is 0.723. The first-order valence-corrected chi connectivity index (χ1v) is 9.14. The molecule has 0 bridgehead atoms. The minimum absolute atomic E-state index is 0.0300. The van der Waals surface area contributed by atoms with E-state index in [-0.39, 0.29) is 11.9 Å². The van der Waals surface area contributed by atoms with E-state index in [1.165, 1.54) is 0 Å². The molecule has 3 aromatic heterocycles. The summed E-state index contributed by atoms with van der Waals surface area (Å²) in [5.41, 5.74) is 1.34. The van der Waals surface area contributed by atoms with Gasteiger partial charge in [0.15, 0.2) is 5.82 Å². The molecule has 0 radical (unpaired) electrons. The highest BCUT2D eigenvalue weighted by Crippen LogP contribution is 2.33. The van der Waals surface area contributed by atoms with Crippen LogP contribution in [0.25, 0.3) is 11.4 Å². The van der Waals surface area contributed by atoms with Crippen LogP contribution in [-0.2, 0) is 0 Å². The van der Waals surface area contributed by atoms with Crippen molar-refractivity contribution in [2.45, 2.75) is 25.3 Å². The third-order valence-electron chi connectivity index (χ3n) is 4.32. The Morgan fingerprint density at radius 2 is 2.00 bits per heavy atom. The molecule has 1 aliphatic heterocycles. The fourth-order valence-corrected chi connectivity index (χ4v) is 3.86. The molecule has 0 saturated carbocycles. The van der Waals surface area contributed by atoms with Crippen LogP contribution in [0, 0.1) is 0 Å². The zero-order valence-corrected chi connectivity index (χ0v) is 14.4. The first-order chi connectivity index (χ1) is 12.3. The average molecular weight is 351 g/mol. The van der Waals surface area contributed by atoms with Gasteiger partial charge >= 0.3 is 0 Å². The minimum Gasteiger partial charge on any atom is -0.329 e. The van der Waals surface area contributed by atoms with E-state index < -0.39 is 0 Å². The summed E-state index contributed by atoms with van der Waals surface area (Å²) in [7, 11) is 0. The first-order valence-electron chi connectivity index (χ1n) is 8.26. The molecule has 6 nitrogen and oxygen atoms in total. The summed E-state index contributed by atoms with van der Waals surface area (Å²) in [5.74, 6) is 0.539. The highest BCUT2D eigenvalue weighted by Gasteiger charge is 2.30. The molecule has 1 fully saturated rings. The van der Waals surface area contributed by atoms with Gasteiger partial charge < -0.3 is 4.90 Å². The fraction of sp³-hybridized carbons (Fsp3) is 0.278. The molecule has 3 aromatic rings. The summed E-state index contributed by atoms with van der Waals surface area (Å²) in [6.07, 6.45) is 11.5. The van der Waals surface area contributed by atoms with E-state index >= 15 is 0 Å². The lowest BCUT2D eigenvalue weighted by atomic mass is 10.0. The molecular formula is C18H17N5OS. The summed E-state index contributed by atoms with van der Waals surface area (Å²) >= 11 is 1.60. The lowest BCUT2D eigenvalue weighted by molar-refractivity contribution is 0.0610. The Kier molecular flexibility index (Phi) is 4.47. The van der Waals surface area contributed by atoms with E-state index in [9.17, 15) is 4.79 Å². The molecule has 0 aliphatic carbocycles. The van der Waals surface area contributed by atoms with Gasteiger partial charge in [0.1, 0.15) is 5.01 Å². The molecule has 1 amide bonds. The molecule has 126 valence electrons. The molecule has 0 N–H and O–H groups in total. The molecule has 1 saturated heterocycles. The van der Waals surface area contributed by atoms with Crippen LogP contribution >= 0.6 is 11.3 Å². The second-order valence-corrected chi connectivity index (χ2v) is 6.84. The Morgan fingerprint density at radius 1 is 1.12 bits per heavy atom. The predicted molar refractivity (Wildman–Crippen MR) is 95.0 cm³/mol. The predicted octanol–water partition coefficient (Wildman–Crippen LogP) is 3.36. The SMILES string of the molecule is O=C(c1cnc(-c2cccnc2)nc1)N1CCCCC1c1nccs1. The number of pyridine rings is 1. The highest BCUT2D eigenvalue weighted by atomic mass is 32.1. The number of amides is 1. The third kappa shape index (κ3) is 3.28. The van der Waals surface area contributed by atoms with Crippen LogP contribution in [0.15, 0.2) is 48.5 Å². The van der Waals surface area contributed by atoms with Crippen molar-refractivity contribution in [1.82, 2.24) is 24.8 Å². The molecule has 0 aromatic carbocycles. The highest BCUT2D eigenvalue weighted by molar-refractivity contribution is 7.09. The van der Waals surface area contributed by atoms with Crippen LogP contribution in [0.5, 0.6) is 0 Å². The number of rotatable bonds is 3. The van der Waals surface area contributed by atoms with Crippen molar-refractivity contribution in [2.24, 2.45) is 0 Å². The molecule has 4 heterocycles. The topological polar surface area (TPSA) is 71.9 Å². The largest absolute Gasteiger partial charge is 0.329 e. The molecule has 7 heteroatoms. The van der Waals surface area contributed by atoms with Gasteiger partial charge in [0, 0.05) is 48.5 Å². The smallest absolute Gasteiger partial charge is 0.257 e. The van der Waals surface area contributed by atoms with Crippen LogP contribution in [0.2, 0.25) is 0 Å². The Balaban J connectivity index is 1.57. The van der Waals surface area contributed by atoms with Gasteiger partial charge in [-0.05, 0) is 31.4 Å². The summed E-state index contributed by atoms with van der Waals surface area (Å²) < 4.78 is 0. The van der Waals surface area contributed by atoms with Crippen LogP contribution in [0.4, 0.5) is 0 Å². The van der Waals surface area contributed by atoms with Gasteiger partial charge in [-0.15, -0.1) is 11.3 Å². The second-order valence-electron chi connectivity index (χ2n) is 5.92. The Hall–Kier alpha value is -2.67. The zero-order valence-electron chi connectivity index (χ0n) is 13.6. The van der Waals surface area contributed by atoms with E-state index in [1.807, 2.05) is 22.4 Å². The van der Waals surface area contributed by atoms with Gasteiger partial charge in [0.05, 0.1) is 11.6 Å². The maximum Gasteiger partial charge on any atom is 0.257 e. The van der Waals surface area contributed by atoms with Crippen molar-refractivity contribution in [3.05, 3.63) is 59.1 Å². The standard InChI is InChI=1S/C18H17N5OS/c24-18(23-8-2-1-5-15(23)17-20-7-9-25-17)14-11-21-16(22-12-14)13-4-3-6-19-10-13/h3-4,6-7,9-12,15H,1-2,5,8H2. The average Bonchev–Trinajstić information content (AvgIpc) is 3.23. The van der Waals surface area contributed by atoms with Gasteiger partial charge in [0.25, 0.3) is 5.91 Å². The van der Waals surface area contributed by atoms with E-state index in [2.05, 4.69) is 19.9 Å². The molecule has 1 unspecified atom stereocenters. The van der Waals surface area contributed by atoms with Crippen LogP contribution < -0.4 is 0 Å². The Labute approximate surface area is 149 Å². The number of carbonyl (C=O) groups is 1. The maximum atomic E-state index is 13.0. The summed E-state index contributed by atoms with van der Waals surface area (Å²) in [5, 5.41) is 2.96. The Morgan fingerprint density at radius 3 is 2.72 bits per heavy atom. The van der Waals surface area contributed by atoms with E-state index in [0.717, 1.165) is 36.4 Å². The van der Waals surface area contributed by atoms with Crippen molar-refractivity contribution < 1.29 is 4.79 Å². The van der Waals surface area contributed by atoms with Crippen molar-refractivity contribution in [2.75, 3.05) is 6.54 Å². The molecule has 1 atom stereocenters. The van der Waals surface area contributed by atoms with Crippen molar-refractivity contribution in [3.63, 3.8) is 0 Å². The van der Waals surface area contributed by atoms with E-state index in [0.29, 0.717) is 11.4 Å². The Bertz CT molecular complexity index is 836. The second kappa shape index (κ2) is 7.06.